The number of nitrogens with one attached hydrogen (secondary N) is 2. The quantitative estimate of drug-likeness (QED) is 0.768. The van der Waals surface area contributed by atoms with Crippen LogP contribution >= 0.6 is 0 Å². The molecule has 2 N–H and O–H groups in total. The lowest BCUT2D eigenvalue weighted by Gasteiger charge is -2.21. The molecule has 0 fully saturated rings. The third-order valence-corrected chi connectivity index (χ3v) is 2.97. The smallest absolute Gasteiger partial charge is 0.321 e. The molecule has 1 atom stereocenters. The second-order valence-corrected chi connectivity index (χ2v) is 6.74. The first-order chi connectivity index (χ1) is 11.6. The molecule has 7 nitrogen and oxygen atoms in total. The highest BCUT2D eigenvalue weighted by atomic mass is 16.5. The van der Waals surface area contributed by atoms with Gasteiger partial charge in [-0.3, -0.25) is 14.9 Å². The maximum Gasteiger partial charge on any atom is 0.321 e. The number of carbonyl (C=O) groups is 3. The van der Waals surface area contributed by atoms with Gasteiger partial charge < -0.3 is 14.8 Å². The highest BCUT2D eigenvalue weighted by molar-refractivity contribution is 5.97. The number of esters is 1. The summed E-state index contributed by atoms with van der Waals surface area (Å²) in [4.78, 5) is 35.2. The molecule has 0 aromatic heterocycles. The summed E-state index contributed by atoms with van der Waals surface area (Å²) < 4.78 is 10.4. The van der Waals surface area contributed by atoms with Gasteiger partial charge in [0.05, 0.1) is 13.0 Å². The van der Waals surface area contributed by atoms with Gasteiger partial charge in [-0.2, -0.15) is 0 Å². The molecule has 0 heterocycles. The van der Waals surface area contributed by atoms with E-state index in [0.717, 1.165) is 5.56 Å². The molecule has 25 heavy (non-hydrogen) atoms. The predicted octanol–water partition coefficient (Wildman–Crippen LogP) is 2.32. The Hall–Kier alpha value is -2.57. The van der Waals surface area contributed by atoms with Gasteiger partial charge in [0.2, 0.25) is 0 Å². The number of carbonyl (C=O) groups excluding carboxylic acids is 3. The molecule has 7 heteroatoms. The Labute approximate surface area is 148 Å². The Morgan fingerprint density at radius 1 is 1.20 bits per heavy atom. The summed E-state index contributed by atoms with van der Waals surface area (Å²) in [6.45, 7) is 8.84. The van der Waals surface area contributed by atoms with E-state index in [1.165, 1.54) is 6.92 Å². The minimum Gasteiger partial charge on any atom is -0.493 e. The Balaban J connectivity index is 2.33. The molecule has 0 aliphatic rings. The standard InChI is InChI=1S/C18H26N2O5/c1-12-7-6-8-14(11-12)24-10-9-15(21)25-13(2)16(22)19-17(23)20-18(3,4)5/h6-8,11,13H,9-10H2,1-5H3,(H2,19,20,22,23)/t13-/m0/s1. The lowest BCUT2D eigenvalue weighted by atomic mass is 10.1. The molecule has 0 saturated heterocycles. The Morgan fingerprint density at radius 2 is 1.88 bits per heavy atom. The molecule has 0 radical (unpaired) electrons. The summed E-state index contributed by atoms with van der Waals surface area (Å²) in [5.41, 5.74) is 0.580. The van der Waals surface area contributed by atoms with Crippen LogP contribution in [0.4, 0.5) is 4.79 Å². The molecule has 138 valence electrons. The van der Waals surface area contributed by atoms with Crippen molar-refractivity contribution in [3.05, 3.63) is 29.8 Å². The van der Waals surface area contributed by atoms with Crippen LogP contribution in [0.1, 0.15) is 39.7 Å². The van der Waals surface area contributed by atoms with Crippen LogP contribution in [0.25, 0.3) is 0 Å². The van der Waals surface area contributed by atoms with Gasteiger partial charge in [0.1, 0.15) is 5.75 Å². The summed E-state index contributed by atoms with van der Waals surface area (Å²) in [7, 11) is 0. The van der Waals surface area contributed by atoms with Gasteiger partial charge in [0.25, 0.3) is 5.91 Å². The summed E-state index contributed by atoms with van der Waals surface area (Å²) in [5.74, 6) is -0.598. The van der Waals surface area contributed by atoms with Crippen molar-refractivity contribution in [1.82, 2.24) is 10.6 Å². The monoisotopic (exact) mass is 350 g/mol. The van der Waals surface area contributed by atoms with Crippen molar-refractivity contribution < 1.29 is 23.9 Å². The number of imide groups is 1. The van der Waals surface area contributed by atoms with Crippen molar-refractivity contribution in [2.75, 3.05) is 6.61 Å². The third-order valence-electron chi connectivity index (χ3n) is 2.97. The summed E-state index contributed by atoms with van der Waals surface area (Å²) in [5, 5.41) is 4.72. The second-order valence-electron chi connectivity index (χ2n) is 6.74. The number of rotatable bonds is 6. The number of benzene rings is 1. The van der Waals surface area contributed by atoms with Crippen molar-refractivity contribution in [3.8, 4) is 5.75 Å². The van der Waals surface area contributed by atoms with E-state index in [9.17, 15) is 14.4 Å². The SMILES string of the molecule is Cc1cccc(OCCC(=O)O[C@@H](C)C(=O)NC(=O)NC(C)(C)C)c1. The Morgan fingerprint density at radius 3 is 2.48 bits per heavy atom. The number of aryl methyl sites for hydroxylation is 1. The summed E-state index contributed by atoms with van der Waals surface area (Å²) in [6.07, 6.45) is -1.07. The first kappa shape index (κ1) is 20.5. The van der Waals surface area contributed by atoms with E-state index >= 15 is 0 Å². The normalized spacial score (nSPS) is 12.0. The van der Waals surface area contributed by atoms with E-state index < -0.39 is 29.6 Å². The molecule has 0 bridgehead atoms. The van der Waals surface area contributed by atoms with Crippen LogP contribution < -0.4 is 15.4 Å². The Kier molecular flexibility index (Phi) is 7.42. The van der Waals surface area contributed by atoms with Crippen molar-refractivity contribution in [2.45, 2.75) is 52.7 Å². The zero-order valence-corrected chi connectivity index (χ0v) is 15.3. The van der Waals surface area contributed by atoms with Crippen LogP contribution in [-0.2, 0) is 14.3 Å². The molecular weight excluding hydrogens is 324 g/mol. The molecule has 3 amide bonds. The lowest BCUT2D eigenvalue weighted by Crippen LogP contribution is -2.50. The van der Waals surface area contributed by atoms with Crippen molar-refractivity contribution in [3.63, 3.8) is 0 Å². The maximum atomic E-state index is 11.8. The fraction of sp³-hybridized carbons (Fsp3) is 0.500. The van der Waals surface area contributed by atoms with Crippen LogP contribution in [0.15, 0.2) is 24.3 Å². The third kappa shape index (κ3) is 8.74. The van der Waals surface area contributed by atoms with E-state index in [1.54, 1.807) is 26.8 Å². The molecule has 1 rings (SSSR count). The minimum absolute atomic E-state index is 0.000249. The van der Waals surface area contributed by atoms with E-state index in [1.807, 2.05) is 25.1 Å². The fourth-order valence-corrected chi connectivity index (χ4v) is 1.85. The molecule has 1 aromatic carbocycles. The van der Waals surface area contributed by atoms with Gasteiger partial charge >= 0.3 is 12.0 Å². The van der Waals surface area contributed by atoms with Crippen molar-refractivity contribution in [1.29, 1.82) is 0 Å². The molecule has 0 unspecified atom stereocenters. The molecule has 1 aromatic rings. The zero-order valence-electron chi connectivity index (χ0n) is 15.3. The average Bonchev–Trinajstić information content (AvgIpc) is 2.45. The van der Waals surface area contributed by atoms with E-state index in [2.05, 4.69) is 10.6 Å². The lowest BCUT2D eigenvalue weighted by molar-refractivity contribution is -0.154. The van der Waals surface area contributed by atoms with Gasteiger partial charge in [0.15, 0.2) is 6.10 Å². The van der Waals surface area contributed by atoms with Gasteiger partial charge in [-0.1, -0.05) is 12.1 Å². The highest BCUT2D eigenvalue weighted by Gasteiger charge is 2.22. The van der Waals surface area contributed by atoms with Gasteiger partial charge in [-0.25, -0.2) is 4.79 Å². The topological polar surface area (TPSA) is 93.7 Å². The molecule has 0 aliphatic heterocycles. The average molecular weight is 350 g/mol. The predicted molar refractivity (Wildman–Crippen MR) is 93.3 cm³/mol. The number of hydrogen-bond donors (Lipinski definition) is 2. The van der Waals surface area contributed by atoms with Gasteiger partial charge in [-0.15, -0.1) is 0 Å². The summed E-state index contributed by atoms with van der Waals surface area (Å²) in [6, 6.07) is 6.82. The minimum atomic E-state index is -1.07. The molecule has 0 saturated carbocycles. The number of hydrogen-bond acceptors (Lipinski definition) is 5. The molecule has 0 spiro atoms. The van der Waals surface area contributed by atoms with Crippen LogP contribution in [0.3, 0.4) is 0 Å². The second kappa shape index (κ2) is 9.05. The van der Waals surface area contributed by atoms with E-state index in [0.29, 0.717) is 5.75 Å². The fourth-order valence-electron chi connectivity index (χ4n) is 1.85. The number of ether oxygens (including phenoxy) is 2. The largest absolute Gasteiger partial charge is 0.493 e. The van der Waals surface area contributed by atoms with Crippen LogP contribution in [0.5, 0.6) is 5.75 Å². The highest BCUT2D eigenvalue weighted by Crippen LogP contribution is 2.12. The zero-order chi connectivity index (χ0) is 19.0. The number of amides is 3. The molecule has 0 aliphatic carbocycles. The van der Waals surface area contributed by atoms with Crippen molar-refractivity contribution >= 4 is 17.9 Å². The van der Waals surface area contributed by atoms with E-state index in [4.69, 9.17) is 9.47 Å². The first-order valence-electron chi connectivity index (χ1n) is 8.09. The number of urea groups is 1. The van der Waals surface area contributed by atoms with Crippen LogP contribution in [-0.4, -0.2) is 36.2 Å². The van der Waals surface area contributed by atoms with Crippen LogP contribution in [0.2, 0.25) is 0 Å². The first-order valence-corrected chi connectivity index (χ1v) is 8.09. The van der Waals surface area contributed by atoms with Gasteiger partial charge in [0, 0.05) is 5.54 Å². The van der Waals surface area contributed by atoms with Crippen molar-refractivity contribution in [2.24, 2.45) is 0 Å². The Bertz CT molecular complexity index is 622. The molecular formula is C18H26N2O5. The van der Waals surface area contributed by atoms with Gasteiger partial charge in [-0.05, 0) is 52.3 Å². The summed E-state index contributed by atoms with van der Waals surface area (Å²) >= 11 is 0. The van der Waals surface area contributed by atoms with Crippen LogP contribution in [0, 0.1) is 6.92 Å². The maximum absolute atomic E-state index is 11.8. The van der Waals surface area contributed by atoms with E-state index in [-0.39, 0.29) is 13.0 Å².